The third kappa shape index (κ3) is 4.15. The van der Waals surface area contributed by atoms with Crippen molar-refractivity contribution >= 4 is 49.8 Å². The predicted molar refractivity (Wildman–Crippen MR) is 101 cm³/mol. The van der Waals surface area contributed by atoms with Crippen molar-refractivity contribution in [2.75, 3.05) is 7.11 Å². The molecule has 0 saturated heterocycles. The van der Waals surface area contributed by atoms with Crippen LogP contribution in [0.2, 0.25) is 0 Å². The van der Waals surface area contributed by atoms with Crippen molar-refractivity contribution in [3.05, 3.63) is 29.1 Å². The van der Waals surface area contributed by atoms with E-state index in [1.54, 1.807) is 18.2 Å². The molecular formula is C16H21ClN2O4S2. The van der Waals surface area contributed by atoms with Crippen molar-refractivity contribution in [2.45, 2.75) is 42.7 Å². The molecule has 3 N–H and O–H groups in total. The molecule has 1 aromatic carbocycles. The summed E-state index contributed by atoms with van der Waals surface area (Å²) in [4.78, 5) is 12.2. The number of nitrogens with two attached hydrogens (primary N) is 1. The first-order chi connectivity index (χ1) is 11.4. The van der Waals surface area contributed by atoms with Crippen LogP contribution in [0.4, 0.5) is 0 Å². The molecule has 0 aliphatic heterocycles. The number of halogens is 1. The molecule has 0 unspecified atom stereocenters. The molecule has 0 radical (unpaired) electrons. The number of carbonyl (C=O) groups excluding carboxylic acids is 1. The van der Waals surface area contributed by atoms with Crippen LogP contribution in [0.25, 0.3) is 10.1 Å². The topological polar surface area (TPSA) is 98.5 Å². The van der Waals surface area contributed by atoms with Crippen molar-refractivity contribution in [1.82, 2.24) is 4.72 Å². The van der Waals surface area contributed by atoms with Crippen LogP contribution < -0.4 is 10.5 Å². The van der Waals surface area contributed by atoms with Gasteiger partial charge in [0.25, 0.3) is 0 Å². The van der Waals surface area contributed by atoms with Gasteiger partial charge >= 0.3 is 5.97 Å². The molecule has 0 atom stereocenters. The van der Waals surface area contributed by atoms with Crippen molar-refractivity contribution in [1.29, 1.82) is 0 Å². The lowest BCUT2D eigenvalue weighted by atomic mass is 9.93. The van der Waals surface area contributed by atoms with Crippen LogP contribution in [0.5, 0.6) is 0 Å². The molecule has 138 valence electrons. The number of carbonyl (C=O) groups is 1. The van der Waals surface area contributed by atoms with Crippen LogP contribution in [-0.4, -0.2) is 33.6 Å². The maximum Gasteiger partial charge on any atom is 0.349 e. The summed E-state index contributed by atoms with van der Waals surface area (Å²) in [5, 5.41) is 0.544. The Balaban J connectivity index is 0.00000225. The van der Waals surface area contributed by atoms with Crippen molar-refractivity contribution in [3.8, 4) is 0 Å². The summed E-state index contributed by atoms with van der Waals surface area (Å²) in [5.74, 6) is -0.637. The Morgan fingerprint density at radius 2 is 1.88 bits per heavy atom. The highest BCUT2D eigenvalue weighted by Crippen LogP contribution is 2.35. The molecule has 3 rings (SSSR count). The second-order valence-corrected chi connectivity index (χ2v) is 8.68. The zero-order valence-electron chi connectivity index (χ0n) is 13.7. The number of rotatable bonds is 4. The van der Waals surface area contributed by atoms with E-state index in [-0.39, 0.29) is 34.3 Å². The highest BCUT2D eigenvalue weighted by atomic mass is 35.5. The van der Waals surface area contributed by atoms with Crippen LogP contribution in [0.3, 0.4) is 0 Å². The van der Waals surface area contributed by atoms with Crippen LogP contribution in [0.15, 0.2) is 29.2 Å². The smallest absolute Gasteiger partial charge is 0.349 e. The molecule has 9 heteroatoms. The number of ether oxygens (including phenoxy) is 1. The number of benzene rings is 1. The van der Waals surface area contributed by atoms with Gasteiger partial charge in [-0.2, -0.15) is 0 Å². The maximum absolute atomic E-state index is 13.0. The normalized spacial score (nSPS) is 20.9. The van der Waals surface area contributed by atoms with E-state index in [0.29, 0.717) is 18.2 Å². The van der Waals surface area contributed by atoms with Gasteiger partial charge < -0.3 is 10.5 Å². The maximum atomic E-state index is 13.0. The molecule has 1 heterocycles. The quantitative estimate of drug-likeness (QED) is 0.763. The number of sulfonamides is 1. The SMILES string of the molecule is COC(=O)c1sc2ccccc2c1S(=O)(=O)NC1CCC(N)CC1.Cl. The van der Waals surface area contributed by atoms with E-state index < -0.39 is 16.0 Å². The van der Waals surface area contributed by atoms with Crippen LogP contribution in [0.1, 0.15) is 35.4 Å². The Morgan fingerprint density at radius 1 is 1.24 bits per heavy atom. The van der Waals surface area contributed by atoms with Gasteiger partial charge in [-0.05, 0) is 31.7 Å². The number of hydrogen-bond acceptors (Lipinski definition) is 6. The molecule has 1 aromatic heterocycles. The molecular weight excluding hydrogens is 384 g/mol. The van der Waals surface area contributed by atoms with Crippen LogP contribution in [0, 0.1) is 0 Å². The monoisotopic (exact) mass is 404 g/mol. The van der Waals surface area contributed by atoms with Gasteiger partial charge in [-0.3, -0.25) is 0 Å². The molecule has 0 amide bonds. The fourth-order valence-corrected chi connectivity index (χ4v) is 6.15. The van der Waals surface area contributed by atoms with Crippen LogP contribution in [-0.2, 0) is 14.8 Å². The van der Waals surface area contributed by atoms with Crippen molar-refractivity contribution in [3.63, 3.8) is 0 Å². The number of methoxy groups -OCH3 is 1. The van der Waals surface area contributed by atoms with E-state index in [1.165, 1.54) is 7.11 Å². The minimum atomic E-state index is -3.83. The molecule has 0 spiro atoms. The van der Waals surface area contributed by atoms with Gasteiger partial charge in [0.15, 0.2) is 0 Å². The van der Waals surface area contributed by atoms with Crippen molar-refractivity contribution < 1.29 is 17.9 Å². The minimum absolute atomic E-state index is 0. The molecule has 6 nitrogen and oxygen atoms in total. The van der Waals surface area contributed by atoms with E-state index >= 15 is 0 Å². The Labute approximate surface area is 157 Å². The average molecular weight is 405 g/mol. The zero-order chi connectivity index (χ0) is 17.3. The number of fused-ring (bicyclic) bond motifs is 1. The van der Waals surface area contributed by atoms with E-state index in [2.05, 4.69) is 4.72 Å². The first-order valence-electron chi connectivity index (χ1n) is 7.80. The Bertz CT molecular complexity index is 858. The van der Waals surface area contributed by atoms with Gasteiger partial charge in [-0.15, -0.1) is 23.7 Å². The third-order valence-corrected chi connectivity index (χ3v) is 7.17. The molecule has 2 aromatic rings. The standard InChI is InChI=1S/C16H20N2O4S2.ClH/c1-22-16(19)14-15(12-4-2-3-5-13(12)23-14)24(20,21)18-11-8-6-10(17)7-9-11;/h2-5,10-11,18H,6-9,17H2,1H3;1H. The minimum Gasteiger partial charge on any atom is -0.465 e. The Kier molecular flexibility index (Phi) is 6.45. The van der Waals surface area contributed by atoms with E-state index in [1.807, 2.05) is 6.07 Å². The lowest BCUT2D eigenvalue weighted by Crippen LogP contribution is -2.40. The summed E-state index contributed by atoms with van der Waals surface area (Å²) >= 11 is 1.13. The highest BCUT2D eigenvalue weighted by Gasteiger charge is 2.31. The summed E-state index contributed by atoms with van der Waals surface area (Å²) in [6.07, 6.45) is 2.99. The van der Waals surface area contributed by atoms with Gasteiger partial charge in [0.05, 0.1) is 7.11 Å². The van der Waals surface area contributed by atoms with Gasteiger partial charge in [0.1, 0.15) is 9.77 Å². The third-order valence-electron chi connectivity index (χ3n) is 4.28. The molecule has 1 aliphatic carbocycles. The molecule has 1 fully saturated rings. The lowest BCUT2D eigenvalue weighted by molar-refractivity contribution is 0.0602. The predicted octanol–water partition coefficient (Wildman–Crippen LogP) is 2.66. The number of thiophene rings is 1. The van der Waals surface area contributed by atoms with E-state index in [4.69, 9.17) is 10.5 Å². The summed E-state index contributed by atoms with van der Waals surface area (Å²) in [5.41, 5.74) is 5.87. The summed E-state index contributed by atoms with van der Waals surface area (Å²) in [6.45, 7) is 0. The average Bonchev–Trinajstić information content (AvgIpc) is 2.96. The first kappa shape index (κ1) is 20.1. The summed E-state index contributed by atoms with van der Waals surface area (Å²) < 4.78 is 34.2. The Hall–Kier alpha value is -1.19. The largest absolute Gasteiger partial charge is 0.465 e. The summed E-state index contributed by atoms with van der Waals surface area (Å²) in [7, 11) is -2.58. The molecule has 1 saturated carbocycles. The van der Waals surface area contributed by atoms with Gasteiger partial charge in [0, 0.05) is 22.2 Å². The number of hydrogen-bond donors (Lipinski definition) is 2. The molecule has 25 heavy (non-hydrogen) atoms. The van der Waals surface area contributed by atoms with Crippen molar-refractivity contribution in [2.24, 2.45) is 5.73 Å². The zero-order valence-corrected chi connectivity index (χ0v) is 16.2. The van der Waals surface area contributed by atoms with E-state index in [9.17, 15) is 13.2 Å². The Morgan fingerprint density at radius 3 is 2.52 bits per heavy atom. The number of nitrogens with one attached hydrogen (secondary N) is 1. The molecule has 0 bridgehead atoms. The number of esters is 1. The first-order valence-corrected chi connectivity index (χ1v) is 10.1. The molecule has 1 aliphatic rings. The second kappa shape index (κ2) is 8.01. The second-order valence-electron chi connectivity index (χ2n) is 5.98. The lowest BCUT2D eigenvalue weighted by Gasteiger charge is -2.26. The van der Waals surface area contributed by atoms with Gasteiger partial charge in [0.2, 0.25) is 10.0 Å². The van der Waals surface area contributed by atoms with Gasteiger partial charge in [-0.1, -0.05) is 18.2 Å². The summed E-state index contributed by atoms with van der Waals surface area (Å²) in [6, 6.07) is 7.06. The fourth-order valence-electron chi connectivity index (χ4n) is 3.03. The highest BCUT2D eigenvalue weighted by molar-refractivity contribution is 7.90. The fraction of sp³-hybridized carbons (Fsp3) is 0.438. The van der Waals surface area contributed by atoms with Gasteiger partial charge in [-0.25, -0.2) is 17.9 Å². The van der Waals surface area contributed by atoms with E-state index in [0.717, 1.165) is 28.9 Å². The van der Waals surface area contributed by atoms with Crippen LogP contribution >= 0.6 is 23.7 Å².